The van der Waals surface area contributed by atoms with E-state index < -0.39 is 17.7 Å². The standard InChI is InChI=1S/C25H24BrN3O4/c1-3-33-20-11-9-19(10-12-20)29-24(31)28-22-13-8-18(26)14-21(22)25(29,32)23(30)27-15-17-6-4-16(2)5-7-17/h4-14,32H,3,15H2,1-2H3,(H,27,30)(H,28,31)/t25-/m1/s1. The quantitative estimate of drug-likeness (QED) is 0.450. The lowest BCUT2D eigenvalue weighted by molar-refractivity contribution is -0.140. The Hall–Kier alpha value is -3.36. The third-order valence-electron chi connectivity index (χ3n) is 5.42. The van der Waals surface area contributed by atoms with E-state index in [1.807, 2.05) is 38.1 Å². The number of carbonyl (C=O) groups is 2. The van der Waals surface area contributed by atoms with Gasteiger partial charge in [-0.3, -0.25) is 9.69 Å². The fourth-order valence-corrected chi connectivity index (χ4v) is 4.11. The first kappa shape index (κ1) is 22.8. The molecule has 1 atom stereocenters. The summed E-state index contributed by atoms with van der Waals surface area (Å²) >= 11 is 3.40. The minimum atomic E-state index is -2.28. The topological polar surface area (TPSA) is 90.9 Å². The number of amides is 3. The summed E-state index contributed by atoms with van der Waals surface area (Å²) < 4.78 is 6.14. The molecule has 0 fully saturated rings. The molecule has 1 aliphatic rings. The number of urea groups is 1. The summed E-state index contributed by atoms with van der Waals surface area (Å²) in [6.45, 7) is 4.55. The molecule has 1 heterocycles. The number of benzene rings is 3. The molecule has 3 aromatic rings. The van der Waals surface area contributed by atoms with E-state index in [0.29, 0.717) is 28.2 Å². The number of fused-ring (bicyclic) bond motifs is 1. The third-order valence-corrected chi connectivity index (χ3v) is 5.91. The Labute approximate surface area is 200 Å². The number of nitrogens with zero attached hydrogens (tertiary/aromatic N) is 1. The highest BCUT2D eigenvalue weighted by molar-refractivity contribution is 9.10. The maximum atomic E-state index is 13.5. The van der Waals surface area contributed by atoms with Crippen molar-refractivity contribution >= 4 is 39.2 Å². The smallest absolute Gasteiger partial charge is 0.329 e. The molecule has 3 aromatic carbocycles. The van der Waals surface area contributed by atoms with Crippen molar-refractivity contribution in [3.05, 3.63) is 87.9 Å². The van der Waals surface area contributed by atoms with Crippen LogP contribution in [-0.2, 0) is 17.1 Å². The molecule has 0 aliphatic carbocycles. The van der Waals surface area contributed by atoms with Gasteiger partial charge >= 0.3 is 6.03 Å². The van der Waals surface area contributed by atoms with Crippen molar-refractivity contribution in [3.8, 4) is 5.75 Å². The predicted molar refractivity (Wildman–Crippen MR) is 130 cm³/mol. The molecule has 1 aliphatic heterocycles. The highest BCUT2D eigenvalue weighted by Crippen LogP contribution is 2.41. The average molecular weight is 510 g/mol. The number of aliphatic hydroxyl groups is 1. The van der Waals surface area contributed by atoms with Gasteiger partial charge in [-0.15, -0.1) is 0 Å². The summed E-state index contributed by atoms with van der Waals surface area (Å²) in [6.07, 6.45) is 0. The molecule has 0 saturated heterocycles. The second-order valence-corrected chi connectivity index (χ2v) is 8.64. The Balaban J connectivity index is 1.74. The molecular weight excluding hydrogens is 486 g/mol. The van der Waals surface area contributed by atoms with Crippen LogP contribution >= 0.6 is 15.9 Å². The van der Waals surface area contributed by atoms with Gasteiger partial charge in [0.2, 0.25) is 0 Å². The number of aryl methyl sites for hydroxylation is 1. The first-order valence-corrected chi connectivity index (χ1v) is 11.3. The monoisotopic (exact) mass is 509 g/mol. The molecule has 4 rings (SSSR count). The summed E-state index contributed by atoms with van der Waals surface area (Å²) in [5.74, 6) is -0.0969. The molecule has 0 aromatic heterocycles. The van der Waals surface area contributed by atoms with Gasteiger partial charge in [0.25, 0.3) is 11.6 Å². The molecule has 33 heavy (non-hydrogen) atoms. The highest BCUT2D eigenvalue weighted by Gasteiger charge is 2.52. The van der Waals surface area contributed by atoms with Gasteiger partial charge in [-0.2, -0.15) is 0 Å². The van der Waals surface area contributed by atoms with Gasteiger partial charge in [-0.05, 0) is 61.9 Å². The van der Waals surface area contributed by atoms with Crippen molar-refractivity contribution in [3.63, 3.8) is 0 Å². The third kappa shape index (κ3) is 4.44. The Morgan fingerprint density at radius 3 is 2.48 bits per heavy atom. The lowest BCUT2D eigenvalue weighted by atomic mass is 9.94. The van der Waals surface area contributed by atoms with Gasteiger partial charge in [0.1, 0.15) is 5.75 Å². The van der Waals surface area contributed by atoms with E-state index in [9.17, 15) is 14.7 Å². The number of rotatable bonds is 6. The van der Waals surface area contributed by atoms with E-state index >= 15 is 0 Å². The second kappa shape index (κ2) is 9.25. The lowest BCUT2D eigenvalue weighted by Crippen LogP contribution is -2.62. The van der Waals surface area contributed by atoms with Crippen LogP contribution in [0.5, 0.6) is 5.75 Å². The first-order valence-electron chi connectivity index (χ1n) is 10.5. The van der Waals surface area contributed by atoms with Crippen LogP contribution in [0.4, 0.5) is 16.2 Å². The minimum absolute atomic E-state index is 0.198. The Kier molecular flexibility index (Phi) is 6.40. The largest absolute Gasteiger partial charge is 0.494 e. The first-order chi connectivity index (χ1) is 15.8. The maximum absolute atomic E-state index is 13.5. The minimum Gasteiger partial charge on any atom is -0.494 e. The van der Waals surface area contributed by atoms with Gasteiger partial charge in [0, 0.05) is 22.3 Å². The van der Waals surface area contributed by atoms with E-state index in [0.717, 1.165) is 16.0 Å². The molecule has 0 unspecified atom stereocenters. The molecule has 3 amide bonds. The fraction of sp³-hybridized carbons (Fsp3) is 0.200. The number of anilines is 2. The van der Waals surface area contributed by atoms with Crippen LogP contribution in [0.3, 0.4) is 0 Å². The van der Waals surface area contributed by atoms with Crippen LogP contribution in [0.25, 0.3) is 0 Å². The molecule has 3 N–H and O–H groups in total. The van der Waals surface area contributed by atoms with Gasteiger partial charge < -0.3 is 20.5 Å². The van der Waals surface area contributed by atoms with E-state index in [1.54, 1.807) is 42.5 Å². The van der Waals surface area contributed by atoms with Crippen LogP contribution in [0.2, 0.25) is 0 Å². The van der Waals surface area contributed by atoms with E-state index in [4.69, 9.17) is 4.74 Å². The zero-order valence-electron chi connectivity index (χ0n) is 18.3. The number of ether oxygens (including phenoxy) is 1. The van der Waals surface area contributed by atoms with Crippen molar-refractivity contribution in [1.29, 1.82) is 0 Å². The predicted octanol–water partition coefficient (Wildman–Crippen LogP) is 4.67. The summed E-state index contributed by atoms with van der Waals surface area (Å²) in [4.78, 5) is 27.7. The van der Waals surface area contributed by atoms with Crippen LogP contribution in [0, 0.1) is 6.92 Å². The van der Waals surface area contributed by atoms with Crippen molar-refractivity contribution < 1.29 is 19.4 Å². The van der Waals surface area contributed by atoms with Crippen molar-refractivity contribution in [1.82, 2.24) is 5.32 Å². The molecule has 170 valence electrons. The van der Waals surface area contributed by atoms with Crippen LogP contribution in [0.1, 0.15) is 23.6 Å². The molecule has 0 saturated carbocycles. The summed E-state index contributed by atoms with van der Waals surface area (Å²) in [6, 6.07) is 18.7. The van der Waals surface area contributed by atoms with Gasteiger partial charge in [0.15, 0.2) is 0 Å². The van der Waals surface area contributed by atoms with Crippen molar-refractivity contribution in [2.45, 2.75) is 26.1 Å². The van der Waals surface area contributed by atoms with Crippen molar-refractivity contribution in [2.75, 3.05) is 16.8 Å². The van der Waals surface area contributed by atoms with Gasteiger partial charge in [-0.25, -0.2) is 4.79 Å². The Bertz CT molecular complexity index is 1180. The zero-order chi connectivity index (χ0) is 23.6. The number of carbonyl (C=O) groups excluding carboxylic acids is 2. The van der Waals surface area contributed by atoms with E-state index in [2.05, 4.69) is 26.6 Å². The zero-order valence-corrected chi connectivity index (χ0v) is 19.8. The van der Waals surface area contributed by atoms with Crippen LogP contribution in [-0.4, -0.2) is 23.7 Å². The van der Waals surface area contributed by atoms with Gasteiger partial charge in [-0.1, -0.05) is 45.8 Å². The summed E-state index contributed by atoms with van der Waals surface area (Å²) in [5.41, 5.74) is 0.659. The SMILES string of the molecule is CCOc1ccc(N2C(=O)Nc3ccc(Br)cc3[C@@]2(O)C(=O)NCc2ccc(C)cc2)cc1. The van der Waals surface area contributed by atoms with Crippen molar-refractivity contribution in [2.24, 2.45) is 0 Å². The van der Waals surface area contributed by atoms with Crippen LogP contribution < -0.4 is 20.3 Å². The maximum Gasteiger partial charge on any atom is 0.329 e. The highest BCUT2D eigenvalue weighted by atomic mass is 79.9. The summed E-state index contributed by atoms with van der Waals surface area (Å²) in [7, 11) is 0. The van der Waals surface area contributed by atoms with Crippen LogP contribution in [0.15, 0.2) is 71.2 Å². The molecular formula is C25H24BrN3O4. The number of halogens is 1. The average Bonchev–Trinajstić information content (AvgIpc) is 2.80. The number of hydrogen-bond donors (Lipinski definition) is 3. The molecule has 7 nitrogen and oxygen atoms in total. The second-order valence-electron chi connectivity index (χ2n) is 7.72. The fourth-order valence-electron chi connectivity index (χ4n) is 3.75. The number of hydrogen-bond acceptors (Lipinski definition) is 4. The van der Waals surface area contributed by atoms with E-state index in [1.165, 1.54) is 0 Å². The molecule has 0 bridgehead atoms. The Morgan fingerprint density at radius 2 is 1.82 bits per heavy atom. The van der Waals surface area contributed by atoms with Gasteiger partial charge in [0.05, 0.1) is 12.3 Å². The normalized spacial score (nSPS) is 17.2. The summed E-state index contributed by atoms with van der Waals surface area (Å²) in [5, 5.41) is 17.4. The molecule has 0 radical (unpaired) electrons. The van der Waals surface area contributed by atoms with E-state index in [-0.39, 0.29) is 12.1 Å². The number of nitrogens with one attached hydrogen (secondary N) is 2. The molecule has 0 spiro atoms. The molecule has 8 heteroatoms. The lowest BCUT2D eigenvalue weighted by Gasteiger charge is -2.42. The Morgan fingerprint density at radius 1 is 1.12 bits per heavy atom.